The molecule has 0 spiro atoms. The number of sulfonamides is 1. The van der Waals surface area contributed by atoms with Crippen molar-refractivity contribution in [1.29, 1.82) is 0 Å². The highest BCUT2D eigenvalue weighted by Crippen LogP contribution is 2.26. The van der Waals surface area contributed by atoms with Gasteiger partial charge in [0, 0.05) is 25.0 Å². The Kier molecular flexibility index (Phi) is 6.92. The SMILES string of the molecule is CCc1ccc(-c2nc(COC(=O)c3cc(S(=O)(=O)N(C)C)ccc3Cl)cs2)cc1. The molecule has 3 rings (SSSR count). The third kappa shape index (κ3) is 4.89. The molecule has 0 saturated heterocycles. The molecule has 0 amide bonds. The van der Waals surface area contributed by atoms with Crippen LogP contribution in [0.2, 0.25) is 5.02 Å². The molecule has 9 heteroatoms. The molecule has 6 nitrogen and oxygen atoms in total. The molecule has 0 aliphatic carbocycles. The minimum Gasteiger partial charge on any atom is -0.456 e. The first-order valence-corrected chi connectivity index (χ1v) is 11.8. The van der Waals surface area contributed by atoms with E-state index in [4.69, 9.17) is 16.3 Å². The number of esters is 1. The molecule has 1 aromatic heterocycles. The van der Waals surface area contributed by atoms with Gasteiger partial charge in [-0.25, -0.2) is 22.5 Å². The van der Waals surface area contributed by atoms with Crippen LogP contribution in [0.25, 0.3) is 10.6 Å². The maximum atomic E-state index is 12.5. The molecule has 158 valence electrons. The van der Waals surface area contributed by atoms with Crippen LogP contribution in [0.5, 0.6) is 0 Å². The second-order valence-electron chi connectivity index (χ2n) is 6.70. The van der Waals surface area contributed by atoms with Gasteiger partial charge in [-0.3, -0.25) is 0 Å². The third-order valence-electron chi connectivity index (χ3n) is 4.45. The Morgan fingerprint density at radius 3 is 2.50 bits per heavy atom. The van der Waals surface area contributed by atoms with Crippen molar-refractivity contribution in [3.05, 3.63) is 69.7 Å². The van der Waals surface area contributed by atoms with E-state index in [1.54, 1.807) is 0 Å². The maximum Gasteiger partial charge on any atom is 0.340 e. The standard InChI is InChI=1S/C21H21ClN2O4S2/c1-4-14-5-7-15(8-6-14)20-23-16(13-29-20)12-28-21(25)18-11-17(9-10-19(18)22)30(26,27)24(2)3/h5-11,13H,4,12H2,1-3H3. The lowest BCUT2D eigenvalue weighted by Crippen LogP contribution is -2.22. The lowest BCUT2D eigenvalue weighted by atomic mass is 10.1. The molecule has 3 aromatic rings. The average molecular weight is 465 g/mol. The Bertz CT molecular complexity index is 1160. The fourth-order valence-electron chi connectivity index (χ4n) is 2.64. The van der Waals surface area contributed by atoms with Gasteiger partial charge in [-0.2, -0.15) is 0 Å². The number of aromatic nitrogens is 1. The van der Waals surface area contributed by atoms with Crippen LogP contribution in [0.1, 0.15) is 28.5 Å². The minimum atomic E-state index is -3.69. The highest BCUT2D eigenvalue weighted by molar-refractivity contribution is 7.89. The van der Waals surface area contributed by atoms with Crippen molar-refractivity contribution in [3.63, 3.8) is 0 Å². The molecule has 2 aromatic carbocycles. The van der Waals surface area contributed by atoms with Gasteiger partial charge in [0.05, 0.1) is 21.2 Å². The van der Waals surface area contributed by atoms with Crippen LogP contribution in [0.4, 0.5) is 0 Å². The lowest BCUT2D eigenvalue weighted by Gasteiger charge is -2.13. The molecule has 30 heavy (non-hydrogen) atoms. The topological polar surface area (TPSA) is 76.6 Å². The molecule has 0 bridgehead atoms. The zero-order chi connectivity index (χ0) is 21.9. The molecule has 0 aliphatic heterocycles. The lowest BCUT2D eigenvalue weighted by molar-refractivity contribution is 0.0468. The van der Waals surface area contributed by atoms with Gasteiger partial charge in [0.15, 0.2) is 0 Å². The second-order valence-corrected chi connectivity index (χ2v) is 10.1. The molecular weight excluding hydrogens is 444 g/mol. The highest BCUT2D eigenvalue weighted by atomic mass is 35.5. The van der Waals surface area contributed by atoms with Crippen molar-refractivity contribution in [1.82, 2.24) is 9.29 Å². The number of hydrogen-bond acceptors (Lipinski definition) is 6. The van der Waals surface area contributed by atoms with Gasteiger partial charge in [0.25, 0.3) is 0 Å². The number of hydrogen-bond donors (Lipinski definition) is 0. The fourth-order valence-corrected chi connectivity index (χ4v) is 4.57. The van der Waals surface area contributed by atoms with Gasteiger partial charge < -0.3 is 4.74 Å². The largest absolute Gasteiger partial charge is 0.456 e. The average Bonchev–Trinajstić information content (AvgIpc) is 3.21. The number of halogens is 1. The van der Waals surface area contributed by atoms with Gasteiger partial charge in [-0.05, 0) is 30.2 Å². The number of aryl methyl sites for hydroxylation is 1. The van der Waals surface area contributed by atoms with Gasteiger partial charge in [0.2, 0.25) is 10.0 Å². The van der Waals surface area contributed by atoms with Crippen molar-refractivity contribution < 1.29 is 17.9 Å². The van der Waals surface area contributed by atoms with Crippen LogP contribution >= 0.6 is 22.9 Å². The van der Waals surface area contributed by atoms with E-state index >= 15 is 0 Å². The van der Waals surface area contributed by atoms with E-state index in [0.717, 1.165) is 21.3 Å². The Labute approximate surface area is 185 Å². The van der Waals surface area contributed by atoms with Crippen LogP contribution in [-0.2, 0) is 27.8 Å². The summed E-state index contributed by atoms with van der Waals surface area (Å²) >= 11 is 7.55. The van der Waals surface area contributed by atoms with Crippen molar-refractivity contribution in [2.45, 2.75) is 24.8 Å². The summed E-state index contributed by atoms with van der Waals surface area (Å²) in [7, 11) is -0.864. The summed E-state index contributed by atoms with van der Waals surface area (Å²) in [6.07, 6.45) is 0.971. The molecule has 0 N–H and O–H groups in total. The number of benzene rings is 2. The molecule has 0 fully saturated rings. The summed E-state index contributed by atoms with van der Waals surface area (Å²) < 4.78 is 31.0. The quantitative estimate of drug-likeness (QED) is 0.476. The van der Waals surface area contributed by atoms with Crippen LogP contribution in [0.3, 0.4) is 0 Å². The monoisotopic (exact) mass is 464 g/mol. The van der Waals surface area contributed by atoms with E-state index in [1.165, 1.54) is 49.2 Å². The van der Waals surface area contributed by atoms with E-state index in [0.29, 0.717) is 5.69 Å². The Morgan fingerprint density at radius 2 is 1.87 bits per heavy atom. The Balaban J connectivity index is 1.72. The second kappa shape index (κ2) is 9.26. The van der Waals surface area contributed by atoms with Gasteiger partial charge in [0.1, 0.15) is 11.6 Å². The smallest absolute Gasteiger partial charge is 0.340 e. The van der Waals surface area contributed by atoms with Crippen LogP contribution in [0.15, 0.2) is 52.7 Å². The molecule has 0 saturated carbocycles. The summed E-state index contributed by atoms with van der Waals surface area (Å²) in [6.45, 7) is 2.06. The van der Waals surface area contributed by atoms with E-state index in [9.17, 15) is 13.2 Å². The maximum absolute atomic E-state index is 12.5. The molecule has 1 heterocycles. The normalized spacial score (nSPS) is 11.6. The zero-order valence-electron chi connectivity index (χ0n) is 16.8. The number of nitrogens with zero attached hydrogens (tertiary/aromatic N) is 2. The first-order chi connectivity index (χ1) is 14.2. The summed E-state index contributed by atoms with van der Waals surface area (Å²) in [6, 6.07) is 12.1. The summed E-state index contributed by atoms with van der Waals surface area (Å²) in [5.74, 6) is -0.711. The predicted molar refractivity (Wildman–Crippen MR) is 118 cm³/mol. The summed E-state index contributed by atoms with van der Waals surface area (Å²) in [5, 5.41) is 2.78. The van der Waals surface area contributed by atoms with Crippen LogP contribution in [-0.4, -0.2) is 37.8 Å². The molecule has 0 atom stereocenters. The Hall–Kier alpha value is -2.26. The summed E-state index contributed by atoms with van der Waals surface area (Å²) in [4.78, 5) is 17.0. The van der Waals surface area contributed by atoms with Crippen LogP contribution < -0.4 is 0 Å². The summed E-state index contributed by atoms with van der Waals surface area (Å²) in [5.41, 5.74) is 2.85. The van der Waals surface area contributed by atoms with Crippen molar-refractivity contribution >= 4 is 38.9 Å². The Morgan fingerprint density at radius 1 is 1.17 bits per heavy atom. The van der Waals surface area contributed by atoms with Crippen LogP contribution in [0, 0.1) is 0 Å². The van der Waals surface area contributed by atoms with Gasteiger partial charge in [-0.15, -0.1) is 11.3 Å². The number of ether oxygens (including phenoxy) is 1. The van der Waals surface area contributed by atoms with Crippen molar-refractivity contribution in [2.75, 3.05) is 14.1 Å². The van der Waals surface area contributed by atoms with E-state index < -0.39 is 16.0 Å². The van der Waals surface area contributed by atoms with E-state index in [2.05, 4.69) is 24.0 Å². The molecule has 0 radical (unpaired) electrons. The van der Waals surface area contributed by atoms with Gasteiger partial charge >= 0.3 is 5.97 Å². The number of carbonyl (C=O) groups is 1. The van der Waals surface area contributed by atoms with E-state index in [1.807, 2.05) is 17.5 Å². The highest BCUT2D eigenvalue weighted by Gasteiger charge is 2.21. The van der Waals surface area contributed by atoms with Gasteiger partial charge in [-0.1, -0.05) is 42.8 Å². The molecule has 0 unspecified atom stereocenters. The fraction of sp³-hybridized carbons (Fsp3) is 0.238. The van der Waals surface area contributed by atoms with Crippen molar-refractivity contribution in [3.8, 4) is 10.6 Å². The zero-order valence-corrected chi connectivity index (χ0v) is 19.1. The van der Waals surface area contributed by atoms with Crippen molar-refractivity contribution in [2.24, 2.45) is 0 Å². The molecule has 0 aliphatic rings. The minimum absolute atomic E-state index is 0.00907. The van der Waals surface area contributed by atoms with E-state index in [-0.39, 0.29) is 22.1 Å². The first kappa shape index (κ1) is 22.4. The number of thiazole rings is 1. The number of carbonyl (C=O) groups excluding carboxylic acids is 1. The third-order valence-corrected chi connectivity index (χ3v) is 7.53. The molecular formula is C21H21ClN2O4S2. The predicted octanol–water partition coefficient (Wildman–Crippen LogP) is 4.63. The first-order valence-electron chi connectivity index (χ1n) is 9.15. The number of rotatable bonds is 7.